The zero-order valence-electron chi connectivity index (χ0n) is 22.0. The Morgan fingerprint density at radius 1 is 0.605 bits per heavy atom. The number of rotatable bonds is 5. The van der Waals surface area contributed by atoms with Crippen LogP contribution >= 0.6 is 0 Å². The Morgan fingerprint density at radius 2 is 1.09 bits per heavy atom. The van der Waals surface area contributed by atoms with Crippen molar-refractivity contribution in [1.82, 2.24) is 0 Å². The summed E-state index contributed by atoms with van der Waals surface area (Å²) in [5.74, 6) is -3.97. The minimum absolute atomic E-state index is 0.0334. The Kier molecular flexibility index (Phi) is 8.27. The fraction of sp³-hybridized carbons (Fsp3) is 0.444. The van der Waals surface area contributed by atoms with E-state index in [2.05, 4.69) is 0 Å². The molecular weight excluding hydrogens is 580 g/mol. The van der Waals surface area contributed by atoms with Crippen LogP contribution in [0, 0.1) is 0 Å². The Morgan fingerprint density at radius 3 is 1.58 bits per heavy atom. The minimum Gasteiger partial charge on any atom is -0.508 e. The van der Waals surface area contributed by atoms with Crippen molar-refractivity contribution in [3.05, 3.63) is 45.6 Å². The number of fused-ring (bicyclic) bond motifs is 1. The molecule has 12 N–H and O–H groups in total. The van der Waals surface area contributed by atoms with E-state index in [4.69, 9.17) is 13.9 Å². The number of aliphatic hydroxyl groups excluding tert-OH is 8. The summed E-state index contributed by atoms with van der Waals surface area (Å²) in [5, 5.41) is 125. The predicted molar refractivity (Wildman–Crippen MR) is 140 cm³/mol. The van der Waals surface area contributed by atoms with Gasteiger partial charge in [0.05, 0.1) is 24.3 Å². The number of phenols is 3. The normalized spacial score (nSPS) is 33.1. The smallest absolute Gasteiger partial charge is 0.238 e. The van der Waals surface area contributed by atoms with E-state index in [1.165, 1.54) is 24.3 Å². The summed E-state index contributed by atoms with van der Waals surface area (Å²) in [6.07, 6.45) is -18.8. The summed E-state index contributed by atoms with van der Waals surface area (Å²) in [6.45, 7) is -1.78. The van der Waals surface area contributed by atoms with Crippen LogP contribution in [0.2, 0.25) is 0 Å². The number of hydrogen-bond donors (Lipinski definition) is 12. The Hall–Kier alpha value is -3.55. The van der Waals surface area contributed by atoms with Gasteiger partial charge in [0.25, 0.3) is 0 Å². The molecule has 3 heterocycles. The van der Waals surface area contributed by atoms with Crippen molar-refractivity contribution in [3.63, 3.8) is 0 Å². The number of phenolic OH excluding ortho intramolecular Hbond substituents is 3. The monoisotopic (exact) mass is 610 g/mol. The zero-order valence-corrected chi connectivity index (χ0v) is 22.0. The first kappa shape index (κ1) is 30.9. The van der Waals surface area contributed by atoms with Gasteiger partial charge < -0.3 is 75.2 Å². The quantitative estimate of drug-likeness (QED) is 0.140. The summed E-state index contributed by atoms with van der Waals surface area (Å²) < 4.78 is 16.8. The first-order valence-corrected chi connectivity index (χ1v) is 13.0. The second-order valence-electron chi connectivity index (χ2n) is 10.4. The lowest BCUT2D eigenvalue weighted by atomic mass is 9.85. The van der Waals surface area contributed by atoms with Crippen molar-refractivity contribution in [3.8, 4) is 34.3 Å². The van der Waals surface area contributed by atoms with E-state index in [0.717, 1.165) is 0 Å². The highest BCUT2D eigenvalue weighted by Gasteiger charge is 2.50. The molecule has 3 aromatic rings. The number of aromatic hydroxyl groups is 4. The van der Waals surface area contributed by atoms with E-state index < -0.39 is 125 Å². The molecule has 234 valence electrons. The van der Waals surface area contributed by atoms with Gasteiger partial charge in [0.15, 0.2) is 11.3 Å². The van der Waals surface area contributed by atoms with Crippen LogP contribution in [-0.2, 0) is 9.47 Å². The second kappa shape index (κ2) is 11.5. The molecule has 0 amide bonds. The molecule has 43 heavy (non-hydrogen) atoms. The third-order valence-electron chi connectivity index (χ3n) is 7.82. The predicted octanol–water partition coefficient (Wildman–Crippen LogP) is -2.69. The van der Waals surface area contributed by atoms with Gasteiger partial charge in [-0.3, -0.25) is 4.79 Å². The van der Waals surface area contributed by atoms with Gasteiger partial charge in [0, 0.05) is 5.56 Å². The third kappa shape index (κ3) is 4.87. The molecule has 0 spiro atoms. The Balaban J connectivity index is 1.85. The van der Waals surface area contributed by atoms with Crippen LogP contribution in [0.15, 0.2) is 33.5 Å². The van der Waals surface area contributed by atoms with Crippen molar-refractivity contribution in [2.24, 2.45) is 0 Å². The molecule has 5 rings (SSSR count). The maximum Gasteiger partial charge on any atom is 0.238 e. The number of ether oxygens (including phenoxy) is 2. The average molecular weight is 611 g/mol. The highest BCUT2D eigenvalue weighted by atomic mass is 16.6. The molecule has 2 aromatic carbocycles. The molecule has 0 radical (unpaired) electrons. The van der Waals surface area contributed by atoms with Crippen molar-refractivity contribution < 1.29 is 75.2 Å². The lowest BCUT2D eigenvalue weighted by Crippen LogP contribution is -2.55. The van der Waals surface area contributed by atoms with Gasteiger partial charge in [-0.1, -0.05) is 0 Å². The third-order valence-corrected chi connectivity index (χ3v) is 7.82. The maximum atomic E-state index is 13.6. The molecule has 2 aliphatic rings. The van der Waals surface area contributed by atoms with Crippen LogP contribution in [0.3, 0.4) is 0 Å². The highest BCUT2D eigenvalue weighted by Crippen LogP contribution is 2.51. The summed E-state index contributed by atoms with van der Waals surface area (Å²) in [5.41, 5.74) is -3.47. The molecule has 0 aliphatic carbocycles. The lowest BCUT2D eigenvalue weighted by Gasteiger charge is -2.42. The Labute approximate surface area is 240 Å². The van der Waals surface area contributed by atoms with E-state index in [0.29, 0.717) is 0 Å². The second-order valence-corrected chi connectivity index (χ2v) is 10.4. The first-order valence-electron chi connectivity index (χ1n) is 13.0. The van der Waals surface area contributed by atoms with E-state index in [-0.39, 0.29) is 11.3 Å². The molecule has 16 nitrogen and oxygen atoms in total. The van der Waals surface area contributed by atoms with Crippen LogP contribution in [0.4, 0.5) is 0 Å². The maximum absolute atomic E-state index is 13.6. The van der Waals surface area contributed by atoms with Gasteiger partial charge in [-0.2, -0.15) is 0 Å². The zero-order chi connectivity index (χ0) is 31.5. The average Bonchev–Trinajstić information content (AvgIpc) is 2.99. The first-order chi connectivity index (χ1) is 20.3. The Bertz CT molecular complexity index is 1550. The molecule has 2 aliphatic heterocycles. The summed E-state index contributed by atoms with van der Waals surface area (Å²) >= 11 is 0. The van der Waals surface area contributed by atoms with Gasteiger partial charge in [0.2, 0.25) is 11.2 Å². The van der Waals surface area contributed by atoms with Gasteiger partial charge in [-0.05, 0) is 24.3 Å². The molecule has 0 bridgehead atoms. The molecule has 16 heteroatoms. The molecule has 0 unspecified atom stereocenters. The van der Waals surface area contributed by atoms with Gasteiger partial charge >= 0.3 is 0 Å². The van der Waals surface area contributed by atoms with Crippen LogP contribution in [0.25, 0.3) is 22.3 Å². The largest absolute Gasteiger partial charge is 0.508 e. The molecular formula is C27H30O16. The standard InChI is InChI=1S/C27H30O16/c28-5-9-14(31)19(36)22(39)26(41-9)11-16(33)12-18(35)21(38)24(7-1-3-8(30)4-2-7)43-25(12)13(17(11)34)27-23(40)20(37)15(32)10(6-29)42-27/h1-4,9-10,14-15,19-20,22-23,26-34,36-40H,5-6H2/t9-,10-,14-,15-,19+,20+,22-,23-,26+,27+/m1/s1. The SMILES string of the molecule is O=c1c(O)c(-c2ccc(O)cc2)oc2c([C@@H]3O[C@H](CO)[C@@H](O)[C@H](O)[C@H]3O)c(O)c([C@@H]3O[C@H](CO)[C@@H](O)[C@H](O)[C@H]3O)c(O)c12. The van der Waals surface area contributed by atoms with Gasteiger partial charge in [-0.25, -0.2) is 0 Å². The molecule has 2 saturated heterocycles. The van der Waals surface area contributed by atoms with Crippen molar-refractivity contribution in [2.75, 3.05) is 13.2 Å². The molecule has 1 aromatic heterocycles. The minimum atomic E-state index is -2.09. The number of aliphatic hydroxyl groups is 8. The topological polar surface area (TPSA) is 291 Å². The lowest BCUT2D eigenvalue weighted by molar-refractivity contribution is -0.234. The van der Waals surface area contributed by atoms with Crippen molar-refractivity contribution in [1.29, 1.82) is 0 Å². The summed E-state index contributed by atoms with van der Waals surface area (Å²) in [4.78, 5) is 13.6. The van der Waals surface area contributed by atoms with E-state index >= 15 is 0 Å². The fourth-order valence-corrected chi connectivity index (χ4v) is 5.45. The molecule has 10 atom stereocenters. The van der Waals surface area contributed by atoms with Crippen LogP contribution in [-0.4, -0.2) is 123 Å². The van der Waals surface area contributed by atoms with E-state index in [1.807, 2.05) is 0 Å². The van der Waals surface area contributed by atoms with Gasteiger partial charge in [0.1, 0.15) is 83.7 Å². The fourth-order valence-electron chi connectivity index (χ4n) is 5.45. The van der Waals surface area contributed by atoms with Crippen molar-refractivity contribution in [2.45, 2.75) is 61.0 Å². The highest BCUT2D eigenvalue weighted by molar-refractivity contribution is 5.93. The van der Waals surface area contributed by atoms with Crippen LogP contribution in [0.1, 0.15) is 23.3 Å². The molecule has 0 saturated carbocycles. The summed E-state index contributed by atoms with van der Waals surface area (Å²) in [6, 6.07) is 4.92. The number of hydrogen-bond acceptors (Lipinski definition) is 16. The van der Waals surface area contributed by atoms with Crippen molar-refractivity contribution >= 4 is 11.0 Å². The van der Waals surface area contributed by atoms with Gasteiger partial charge in [-0.15, -0.1) is 0 Å². The molecule has 2 fully saturated rings. The summed E-state index contributed by atoms with van der Waals surface area (Å²) in [7, 11) is 0. The van der Waals surface area contributed by atoms with E-state index in [1.54, 1.807) is 0 Å². The van der Waals surface area contributed by atoms with Crippen LogP contribution in [0.5, 0.6) is 23.0 Å². The van der Waals surface area contributed by atoms with E-state index in [9.17, 15) is 66.1 Å². The van der Waals surface area contributed by atoms with Crippen LogP contribution < -0.4 is 5.43 Å². The number of benzene rings is 2.